The van der Waals surface area contributed by atoms with Crippen LogP contribution in [0.4, 0.5) is 0 Å². The van der Waals surface area contributed by atoms with E-state index in [1.54, 1.807) is 12.1 Å². The Bertz CT molecular complexity index is 712. The predicted octanol–water partition coefficient (Wildman–Crippen LogP) is 1.85. The second kappa shape index (κ2) is 8.96. The Kier molecular flexibility index (Phi) is 6.95. The summed E-state index contributed by atoms with van der Waals surface area (Å²) in [5, 5.41) is 11.3. The number of carboxylic acids is 1. The molecule has 1 aliphatic heterocycles. The van der Waals surface area contributed by atoms with Crippen LogP contribution in [-0.2, 0) is 14.8 Å². The van der Waals surface area contributed by atoms with Gasteiger partial charge in [0.15, 0.2) is 0 Å². The average molecular weight is 368 g/mol. The first-order valence-corrected chi connectivity index (χ1v) is 9.96. The highest BCUT2D eigenvalue weighted by Gasteiger charge is 2.29. The van der Waals surface area contributed by atoms with E-state index < -0.39 is 21.9 Å². The number of carbonyl (C=O) groups is 2. The van der Waals surface area contributed by atoms with Gasteiger partial charge in [0.2, 0.25) is 10.0 Å². The monoisotopic (exact) mass is 368 g/mol. The van der Waals surface area contributed by atoms with Gasteiger partial charge in [-0.25, -0.2) is 8.42 Å². The first kappa shape index (κ1) is 19.4. The number of amides is 1. The summed E-state index contributed by atoms with van der Waals surface area (Å²) in [7, 11) is -3.69. The molecule has 2 rings (SSSR count). The molecule has 0 spiro atoms. The van der Waals surface area contributed by atoms with Crippen LogP contribution in [0.2, 0.25) is 0 Å². The van der Waals surface area contributed by atoms with Crippen LogP contribution >= 0.6 is 0 Å². The molecule has 1 aromatic carbocycles. The highest BCUT2D eigenvalue weighted by Crippen LogP contribution is 2.23. The number of nitrogens with zero attached hydrogens (tertiary/aromatic N) is 1. The molecule has 138 valence electrons. The van der Waals surface area contributed by atoms with E-state index in [2.05, 4.69) is 5.32 Å². The van der Waals surface area contributed by atoms with Gasteiger partial charge in [0, 0.05) is 26.1 Å². The summed E-state index contributed by atoms with van der Waals surface area (Å²) in [6.07, 6.45) is 3.72. The van der Waals surface area contributed by atoms with E-state index >= 15 is 0 Å². The van der Waals surface area contributed by atoms with Crippen molar-refractivity contribution in [2.24, 2.45) is 0 Å². The lowest BCUT2D eigenvalue weighted by atomic mass is 10.2. The second-order valence-electron chi connectivity index (χ2n) is 6.07. The number of nitrogens with one attached hydrogen (secondary N) is 1. The molecular weight excluding hydrogens is 344 g/mol. The van der Waals surface area contributed by atoms with Gasteiger partial charge in [-0.05, 0) is 37.8 Å². The Labute approximate surface area is 148 Å². The van der Waals surface area contributed by atoms with E-state index in [1.165, 1.54) is 16.4 Å². The molecule has 1 heterocycles. The van der Waals surface area contributed by atoms with Crippen molar-refractivity contribution in [3.8, 4) is 0 Å². The van der Waals surface area contributed by atoms with Crippen LogP contribution < -0.4 is 5.32 Å². The van der Waals surface area contributed by atoms with Crippen molar-refractivity contribution >= 4 is 21.9 Å². The van der Waals surface area contributed by atoms with Crippen LogP contribution in [0.3, 0.4) is 0 Å². The predicted molar refractivity (Wildman–Crippen MR) is 92.9 cm³/mol. The van der Waals surface area contributed by atoms with Crippen molar-refractivity contribution in [3.05, 3.63) is 29.8 Å². The molecule has 1 fully saturated rings. The lowest BCUT2D eigenvalue weighted by Gasteiger charge is -2.26. The van der Waals surface area contributed by atoms with Crippen molar-refractivity contribution in [2.45, 2.75) is 43.4 Å². The lowest BCUT2D eigenvalue weighted by molar-refractivity contribution is -0.137. The van der Waals surface area contributed by atoms with Crippen LogP contribution in [0.25, 0.3) is 0 Å². The summed E-state index contributed by atoms with van der Waals surface area (Å²) in [5.74, 6) is -1.32. The number of carbonyl (C=O) groups excluding carboxylic acids is 1. The zero-order chi connectivity index (χ0) is 18.3. The third kappa shape index (κ3) is 5.27. The summed E-state index contributed by atoms with van der Waals surface area (Å²) in [5.41, 5.74) is 0.131. The van der Waals surface area contributed by atoms with Crippen molar-refractivity contribution in [2.75, 3.05) is 19.6 Å². The van der Waals surface area contributed by atoms with Gasteiger partial charge >= 0.3 is 5.97 Å². The van der Waals surface area contributed by atoms with E-state index in [-0.39, 0.29) is 16.9 Å². The number of hydrogen-bond donors (Lipinski definition) is 2. The molecule has 0 aromatic heterocycles. The van der Waals surface area contributed by atoms with Crippen molar-refractivity contribution in [3.63, 3.8) is 0 Å². The number of carboxylic acid groups (broad SMARTS) is 1. The van der Waals surface area contributed by atoms with Crippen LogP contribution in [0.15, 0.2) is 29.2 Å². The number of unbranched alkanes of at least 4 members (excludes halogenated alkanes) is 1. The quantitative estimate of drug-likeness (QED) is 0.682. The van der Waals surface area contributed by atoms with Crippen LogP contribution in [0.5, 0.6) is 0 Å². The van der Waals surface area contributed by atoms with E-state index in [1.807, 2.05) is 0 Å². The SMILES string of the molecule is O=C(O)CCCCNC(=O)c1ccccc1S(=O)(=O)N1CCCCC1. The number of rotatable bonds is 8. The number of hydrogen-bond acceptors (Lipinski definition) is 4. The van der Waals surface area contributed by atoms with Gasteiger partial charge in [-0.15, -0.1) is 0 Å². The van der Waals surface area contributed by atoms with Gasteiger partial charge < -0.3 is 10.4 Å². The first-order valence-electron chi connectivity index (χ1n) is 8.52. The Hall–Kier alpha value is -1.93. The van der Waals surface area contributed by atoms with Gasteiger partial charge in [0.25, 0.3) is 5.91 Å². The van der Waals surface area contributed by atoms with E-state index in [4.69, 9.17) is 5.11 Å². The molecule has 1 amide bonds. The van der Waals surface area contributed by atoms with E-state index in [9.17, 15) is 18.0 Å². The van der Waals surface area contributed by atoms with Crippen LogP contribution in [0.1, 0.15) is 48.9 Å². The molecule has 1 saturated heterocycles. The summed E-state index contributed by atoms with van der Waals surface area (Å²) in [6, 6.07) is 6.21. The molecular formula is C17H24N2O5S. The highest BCUT2D eigenvalue weighted by molar-refractivity contribution is 7.89. The Morgan fingerprint density at radius 1 is 1.08 bits per heavy atom. The maximum Gasteiger partial charge on any atom is 0.303 e. The molecule has 0 atom stereocenters. The number of sulfonamides is 1. The first-order chi connectivity index (χ1) is 11.9. The second-order valence-corrected chi connectivity index (χ2v) is 7.97. The summed E-state index contributed by atoms with van der Waals surface area (Å²) in [4.78, 5) is 22.9. The third-order valence-electron chi connectivity index (χ3n) is 4.17. The van der Waals surface area contributed by atoms with Gasteiger partial charge in [-0.3, -0.25) is 9.59 Å². The summed E-state index contributed by atoms with van der Waals surface area (Å²) in [6.45, 7) is 1.27. The largest absolute Gasteiger partial charge is 0.481 e. The fraction of sp³-hybridized carbons (Fsp3) is 0.529. The topological polar surface area (TPSA) is 104 Å². The summed E-state index contributed by atoms with van der Waals surface area (Å²) < 4.78 is 27.1. The Balaban J connectivity index is 2.06. The minimum absolute atomic E-state index is 0.0277. The minimum atomic E-state index is -3.69. The fourth-order valence-corrected chi connectivity index (χ4v) is 4.53. The molecule has 7 nitrogen and oxygen atoms in total. The smallest absolute Gasteiger partial charge is 0.303 e. The maximum absolute atomic E-state index is 12.8. The lowest BCUT2D eigenvalue weighted by Crippen LogP contribution is -2.37. The molecule has 0 unspecified atom stereocenters. The molecule has 8 heteroatoms. The van der Waals surface area contributed by atoms with Gasteiger partial charge in [-0.2, -0.15) is 4.31 Å². The number of benzene rings is 1. The van der Waals surface area contributed by atoms with E-state index in [0.29, 0.717) is 32.5 Å². The molecule has 0 radical (unpaired) electrons. The zero-order valence-corrected chi connectivity index (χ0v) is 14.9. The minimum Gasteiger partial charge on any atom is -0.481 e. The molecule has 0 saturated carbocycles. The maximum atomic E-state index is 12.8. The van der Waals surface area contributed by atoms with Crippen molar-refractivity contribution < 1.29 is 23.1 Å². The molecule has 1 aliphatic rings. The standard InChI is InChI=1S/C17H24N2O5S/c20-16(21)10-4-5-11-18-17(22)14-8-2-3-9-15(14)25(23,24)19-12-6-1-7-13-19/h2-3,8-9H,1,4-7,10-13H2,(H,18,22)(H,20,21). The van der Waals surface area contributed by atoms with Crippen LogP contribution in [0, 0.1) is 0 Å². The van der Waals surface area contributed by atoms with Gasteiger partial charge in [-0.1, -0.05) is 18.6 Å². The molecule has 1 aromatic rings. The van der Waals surface area contributed by atoms with Gasteiger partial charge in [0.05, 0.1) is 10.5 Å². The number of aliphatic carboxylic acids is 1. The third-order valence-corrected chi connectivity index (χ3v) is 6.12. The van der Waals surface area contributed by atoms with Crippen LogP contribution in [-0.4, -0.2) is 49.3 Å². The average Bonchev–Trinajstić information content (AvgIpc) is 2.61. The molecule has 25 heavy (non-hydrogen) atoms. The molecule has 0 bridgehead atoms. The van der Waals surface area contributed by atoms with Crippen molar-refractivity contribution in [1.29, 1.82) is 0 Å². The van der Waals surface area contributed by atoms with Gasteiger partial charge in [0.1, 0.15) is 0 Å². The molecule has 0 aliphatic carbocycles. The molecule has 2 N–H and O–H groups in total. The number of piperidine rings is 1. The highest BCUT2D eigenvalue weighted by atomic mass is 32.2. The summed E-state index contributed by atoms with van der Waals surface area (Å²) >= 11 is 0. The normalized spacial score (nSPS) is 15.7. The zero-order valence-electron chi connectivity index (χ0n) is 14.1. The van der Waals surface area contributed by atoms with E-state index in [0.717, 1.165) is 19.3 Å². The Morgan fingerprint density at radius 2 is 1.76 bits per heavy atom. The van der Waals surface area contributed by atoms with Crippen molar-refractivity contribution in [1.82, 2.24) is 9.62 Å². The Morgan fingerprint density at radius 3 is 2.44 bits per heavy atom. The fourth-order valence-electron chi connectivity index (χ4n) is 2.82.